The van der Waals surface area contributed by atoms with E-state index >= 15 is 0 Å². The van der Waals surface area contributed by atoms with Crippen LogP contribution in [0.5, 0.6) is 0 Å². The number of fused-ring (bicyclic) bond motifs is 1. The number of rotatable bonds is 2. The van der Waals surface area contributed by atoms with Crippen molar-refractivity contribution >= 4 is 38.3 Å². The fourth-order valence-electron chi connectivity index (χ4n) is 2.43. The Hall–Kier alpha value is -1.27. The van der Waals surface area contributed by atoms with Crippen molar-refractivity contribution in [3.63, 3.8) is 0 Å². The number of amides is 1. The van der Waals surface area contributed by atoms with E-state index in [0.717, 1.165) is 25.0 Å². The molecule has 1 aliphatic rings. The van der Waals surface area contributed by atoms with Gasteiger partial charge in [-0.1, -0.05) is 22.9 Å². The van der Waals surface area contributed by atoms with Gasteiger partial charge in [-0.05, 0) is 43.4 Å². The van der Waals surface area contributed by atoms with Crippen molar-refractivity contribution in [3.8, 4) is 0 Å². The van der Waals surface area contributed by atoms with E-state index in [-0.39, 0.29) is 5.56 Å². The summed E-state index contributed by atoms with van der Waals surface area (Å²) in [5.74, 6) is -0.346. The number of thiazole rings is 1. The second-order valence-electron chi connectivity index (χ2n) is 5.32. The van der Waals surface area contributed by atoms with Crippen LogP contribution >= 0.6 is 27.3 Å². The number of benzene rings is 1. The van der Waals surface area contributed by atoms with Crippen molar-refractivity contribution in [1.82, 2.24) is 4.98 Å². The maximum atomic E-state index is 13.8. The molecule has 3 rings (SSSR count). The molecule has 21 heavy (non-hydrogen) atoms. The minimum Gasteiger partial charge on any atom is -0.298 e. The van der Waals surface area contributed by atoms with E-state index in [2.05, 4.69) is 33.2 Å². The van der Waals surface area contributed by atoms with Crippen LogP contribution in [0.15, 0.2) is 22.7 Å². The largest absolute Gasteiger partial charge is 0.298 e. The average molecular weight is 369 g/mol. The van der Waals surface area contributed by atoms with E-state index in [9.17, 15) is 9.18 Å². The molecule has 1 unspecified atom stereocenters. The maximum Gasteiger partial charge on any atom is 0.260 e. The smallest absolute Gasteiger partial charge is 0.260 e. The lowest BCUT2D eigenvalue weighted by Gasteiger charge is -2.15. The first kappa shape index (κ1) is 14.7. The molecule has 1 aliphatic carbocycles. The van der Waals surface area contributed by atoms with E-state index in [4.69, 9.17) is 0 Å². The number of aryl methyl sites for hydroxylation is 1. The van der Waals surface area contributed by atoms with E-state index in [1.54, 1.807) is 6.07 Å². The number of hydrogen-bond donors (Lipinski definition) is 1. The molecule has 110 valence electrons. The highest BCUT2D eigenvalue weighted by Gasteiger charge is 2.21. The summed E-state index contributed by atoms with van der Waals surface area (Å²) in [6.07, 6.45) is 3.09. The van der Waals surface area contributed by atoms with Crippen LogP contribution in [0.25, 0.3) is 0 Å². The Bertz CT molecular complexity index is 701. The van der Waals surface area contributed by atoms with Crippen LogP contribution in [0.2, 0.25) is 0 Å². The number of hydrogen-bond acceptors (Lipinski definition) is 3. The summed E-state index contributed by atoms with van der Waals surface area (Å²) < 4.78 is 14.4. The number of nitrogens with zero attached hydrogens (tertiary/aromatic N) is 1. The van der Waals surface area contributed by atoms with Crippen molar-refractivity contribution in [2.24, 2.45) is 5.92 Å². The topological polar surface area (TPSA) is 42.0 Å². The van der Waals surface area contributed by atoms with Gasteiger partial charge in [-0.25, -0.2) is 9.37 Å². The first-order chi connectivity index (χ1) is 10.0. The molecule has 1 atom stereocenters. The first-order valence-corrected chi connectivity index (χ1v) is 8.39. The Labute approximate surface area is 134 Å². The van der Waals surface area contributed by atoms with Crippen molar-refractivity contribution < 1.29 is 9.18 Å². The summed E-state index contributed by atoms with van der Waals surface area (Å²) in [5.41, 5.74) is 1.10. The van der Waals surface area contributed by atoms with Gasteiger partial charge in [0.25, 0.3) is 5.91 Å². The monoisotopic (exact) mass is 368 g/mol. The Morgan fingerprint density at radius 1 is 1.52 bits per heavy atom. The lowest BCUT2D eigenvalue weighted by atomic mass is 9.93. The molecule has 1 aromatic carbocycles. The average Bonchev–Trinajstić information content (AvgIpc) is 2.79. The Kier molecular flexibility index (Phi) is 4.08. The number of anilines is 1. The quantitative estimate of drug-likeness (QED) is 0.852. The predicted molar refractivity (Wildman–Crippen MR) is 85.4 cm³/mol. The Morgan fingerprint density at radius 2 is 2.33 bits per heavy atom. The van der Waals surface area contributed by atoms with Crippen LogP contribution in [0.4, 0.5) is 9.52 Å². The van der Waals surface area contributed by atoms with Gasteiger partial charge in [0.15, 0.2) is 5.13 Å². The molecule has 0 bridgehead atoms. The minimum absolute atomic E-state index is 0.0275. The van der Waals surface area contributed by atoms with Gasteiger partial charge in [-0.2, -0.15) is 0 Å². The number of carbonyl (C=O) groups excluding carboxylic acids is 1. The van der Waals surface area contributed by atoms with E-state index in [1.165, 1.54) is 28.3 Å². The number of halogens is 2. The van der Waals surface area contributed by atoms with Gasteiger partial charge >= 0.3 is 0 Å². The summed E-state index contributed by atoms with van der Waals surface area (Å²) in [5, 5.41) is 3.26. The number of aromatic nitrogens is 1. The molecule has 3 nitrogen and oxygen atoms in total. The molecule has 2 aromatic rings. The van der Waals surface area contributed by atoms with Crippen LogP contribution in [0.3, 0.4) is 0 Å². The van der Waals surface area contributed by atoms with Crippen LogP contribution in [-0.2, 0) is 12.8 Å². The van der Waals surface area contributed by atoms with Gasteiger partial charge in [-0.15, -0.1) is 11.3 Å². The third kappa shape index (κ3) is 3.16. The lowest BCUT2D eigenvalue weighted by molar-refractivity contribution is 0.102. The molecule has 1 amide bonds. The SMILES string of the molecule is CC1CCc2nc(NC(=O)c3ccc(Br)cc3F)sc2C1. The van der Waals surface area contributed by atoms with Gasteiger partial charge in [0, 0.05) is 9.35 Å². The van der Waals surface area contributed by atoms with Gasteiger partial charge in [0.2, 0.25) is 0 Å². The number of carbonyl (C=O) groups is 1. The third-order valence-corrected chi connectivity index (χ3v) is 5.11. The van der Waals surface area contributed by atoms with Crippen LogP contribution in [-0.4, -0.2) is 10.9 Å². The molecule has 0 fully saturated rings. The molecule has 1 N–H and O–H groups in total. The summed E-state index contributed by atoms with van der Waals surface area (Å²) >= 11 is 4.67. The Balaban J connectivity index is 1.79. The zero-order valence-electron chi connectivity index (χ0n) is 11.5. The van der Waals surface area contributed by atoms with Gasteiger partial charge in [-0.3, -0.25) is 10.1 Å². The van der Waals surface area contributed by atoms with Crippen molar-refractivity contribution in [2.45, 2.75) is 26.2 Å². The standard InChI is InChI=1S/C15H14BrFN2OS/c1-8-2-5-12-13(6-8)21-15(18-12)19-14(20)10-4-3-9(16)7-11(10)17/h3-4,7-8H,2,5-6H2,1H3,(H,18,19,20). The van der Waals surface area contributed by atoms with E-state index in [0.29, 0.717) is 15.5 Å². The molecule has 1 aromatic heterocycles. The molecule has 0 aliphatic heterocycles. The fraction of sp³-hybridized carbons (Fsp3) is 0.333. The van der Waals surface area contributed by atoms with Crippen LogP contribution in [0.1, 0.15) is 34.3 Å². The summed E-state index contributed by atoms with van der Waals surface area (Å²) in [6, 6.07) is 4.39. The first-order valence-electron chi connectivity index (χ1n) is 6.78. The second-order valence-corrected chi connectivity index (χ2v) is 7.31. The van der Waals surface area contributed by atoms with Crippen LogP contribution in [0, 0.1) is 11.7 Å². The predicted octanol–water partition coefficient (Wildman–Crippen LogP) is 4.42. The molecule has 6 heteroatoms. The Morgan fingerprint density at radius 3 is 3.10 bits per heavy atom. The third-order valence-electron chi connectivity index (χ3n) is 3.58. The molecular weight excluding hydrogens is 355 g/mol. The highest BCUT2D eigenvalue weighted by Crippen LogP contribution is 2.32. The zero-order valence-corrected chi connectivity index (χ0v) is 13.9. The minimum atomic E-state index is -0.545. The number of nitrogens with one attached hydrogen (secondary N) is 1. The fourth-order valence-corrected chi connectivity index (χ4v) is 3.93. The summed E-state index contributed by atoms with van der Waals surface area (Å²) in [4.78, 5) is 17.8. The summed E-state index contributed by atoms with van der Waals surface area (Å²) in [6.45, 7) is 2.22. The maximum absolute atomic E-state index is 13.8. The highest BCUT2D eigenvalue weighted by atomic mass is 79.9. The van der Waals surface area contributed by atoms with E-state index < -0.39 is 11.7 Å². The van der Waals surface area contributed by atoms with Gasteiger partial charge < -0.3 is 0 Å². The molecular formula is C15H14BrFN2OS. The normalized spacial score (nSPS) is 17.4. The van der Waals surface area contributed by atoms with Crippen molar-refractivity contribution in [3.05, 3.63) is 44.6 Å². The summed E-state index contributed by atoms with van der Waals surface area (Å²) in [7, 11) is 0. The van der Waals surface area contributed by atoms with E-state index in [1.807, 2.05) is 0 Å². The molecule has 0 radical (unpaired) electrons. The van der Waals surface area contributed by atoms with Gasteiger partial charge in [0.1, 0.15) is 5.82 Å². The van der Waals surface area contributed by atoms with Crippen molar-refractivity contribution in [1.29, 1.82) is 0 Å². The lowest BCUT2D eigenvalue weighted by Crippen LogP contribution is -2.13. The second kappa shape index (κ2) is 5.85. The molecule has 1 heterocycles. The molecule has 0 saturated carbocycles. The van der Waals surface area contributed by atoms with Crippen molar-refractivity contribution in [2.75, 3.05) is 5.32 Å². The highest BCUT2D eigenvalue weighted by molar-refractivity contribution is 9.10. The van der Waals surface area contributed by atoms with Crippen LogP contribution < -0.4 is 5.32 Å². The molecule has 0 spiro atoms. The van der Waals surface area contributed by atoms with Gasteiger partial charge in [0.05, 0.1) is 11.3 Å². The molecule has 0 saturated heterocycles. The zero-order chi connectivity index (χ0) is 15.0.